The highest BCUT2D eigenvalue weighted by Crippen LogP contribution is 2.24. The van der Waals surface area contributed by atoms with Crippen molar-refractivity contribution in [2.24, 2.45) is 0 Å². The second-order valence-corrected chi connectivity index (χ2v) is 4.76. The number of hydrogen-bond acceptors (Lipinski definition) is 1. The third-order valence-corrected chi connectivity index (χ3v) is 3.33. The molecule has 0 spiro atoms. The maximum absolute atomic E-state index is 11.9. The Bertz CT molecular complexity index is 215. The van der Waals surface area contributed by atoms with Gasteiger partial charge in [-0.05, 0) is 46.0 Å². The fourth-order valence-electron chi connectivity index (χ4n) is 2.30. The Morgan fingerprint density at radius 3 is 2.21 bits per heavy atom. The van der Waals surface area contributed by atoms with Crippen LogP contribution in [0.25, 0.3) is 0 Å². The second kappa shape index (κ2) is 3.79. The molecule has 1 heterocycles. The van der Waals surface area contributed by atoms with Crippen molar-refractivity contribution < 1.29 is 4.79 Å². The van der Waals surface area contributed by atoms with Crippen LogP contribution in [0, 0.1) is 0 Å². The van der Waals surface area contributed by atoms with E-state index in [1.54, 1.807) is 0 Å². The van der Waals surface area contributed by atoms with Gasteiger partial charge < -0.3 is 10.2 Å². The zero-order valence-corrected chi connectivity index (χ0v) is 9.12. The molecule has 1 saturated carbocycles. The summed E-state index contributed by atoms with van der Waals surface area (Å²) in [6.07, 6.45) is 5.91. The number of amides is 2. The maximum atomic E-state index is 11.9. The van der Waals surface area contributed by atoms with E-state index in [-0.39, 0.29) is 6.03 Å². The predicted molar refractivity (Wildman–Crippen MR) is 56.2 cm³/mol. The van der Waals surface area contributed by atoms with Crippen molar-refractivity contribution in [2.75, 3.05) is 0 Å². The molecule has 0 aromatic heterocycles. The molecule has 1 aliphatic heterocycles. The molecule has 0 bridgehead atoms. The van der Waals surface area contributed by atoms with Crippen molar-refractivity contribution >= 4 is 6.03 Å². The Morgan fingerprint density at radius 1 is 1.14 bits per heavy atom. The van der Waals surface area contributed by atoms with E-state index in [0.29, 0.717) is 18.1 Å². The van der Waals surface area contributed by atoms with Crippen LogP contribution >= 0.6 is 0 Å². The molecule has 1 N–H and O–H groups in total. The Kier molecular flexibility index (Phi) is 2.66. The molecule has 2 amide bonds. The summed E-state index contributed by atoms with van der Waals surface area (Å²) in [4.78, 5) is 13.9. The van der Waals surface area contributed by atoms with E-state index < -0.39 is 0 Å². The summed E-state index contributed by atoms with van der Waals surface area (Å²) >= 11 is 0. The quantitative estimate of drug-likeness (QED) is 0.684. The van der Waals surface area contributed by atoms with Crippen LogP contribution in [-0.4, -0.2) is 29.1 Å². The van der Waals surface area contributed by atoms with Crippen molar-refractivity contribution in [3.8, 4) is 0 Å². The molecule has 80 valence electrons. The molecule has 0 radical (unpaired) electrons. The van der Waals surface area contributed by atoms with Crippen molar-refractivity contribution in [1.29, 1.82) is 0 Å². The number of carbonyl (C=O) groups is 1. The minimum atomic E-state index is 0.159. The summed E-state index contributed by atoms with van der Waals surface area (Å²) in [7, 11) is 0. The lowest BCUT2D eigenvalue weighted by Crippen LogP contribution is -2.52. The van der Waals surface area contributed by atoms with Crippen LogP contribution in [0.2, 0.25) is 0 Å². The van der Waals surface area contributed by atoms with Crippen LogP contribution in [0.5, 0.6) is 0 Å². The van der Waals surface area contributed by atoms with E-state index >= 15 is 0 Å². The van der Waals surface area contributed by atoms with Crippen molar-refractivity contribution in [3.63, 3.8) is 0 Å². The molecular weight excluding hydrogens is 176 g/mol. The second-order valence-electron chi connectivity index (χ2n) is 4.76. The van der Waals surface area contributed by atoms with Gasteiger partial charge in [0.05, 0.1) is 0 Å². The van der Waals surface area contributed by atoms with Crippen LogP contribution in [0.1, 0.15) is 46.0 Å². The molecule has 3 nitrogen and oxygen atoms in total. The monoisotopic (exact) mass is 196 g/mol. The van der Waals surface area contributed by atoms with Crippen molar-refractivity contribution in [3.05, 3.63) is 0 Å². The van der Waals surface area contributed by atoms with Gasteiger partial charge in [-0.15, -0.1) is 0 Å². The van der Waals surface area contributed by atoms with Gasteiger partial charge in [0.15, 0.2) is 0 Å². The molecule has 3 heteroatoms. The molecule has 1 aliphatic carbocycles. The molecule has 2 aliphatic rings. The van der Waals surface area contributed by atoms with Gasteiger partial charge in [0.2, 0.25) is 0 Å². The molecule has 2 unspecified atom stereocenters. The molecule has 1 saturated heterocycles. The Morgan fingerprint density at radius 2 is 1.71 bits per heavy atom. The topological polar surface area (TPSA) is 32.3 Å². The van der Waals surface area contributed by atoms with Gasteiger partial charge in [-0.2, -0.15) is 0 Å². The number of hydrogen-bond donors (Lipinski definition) is 1. The van der Waals surface area contributed by atoms with Gasteiger partial charge in [0, 0.05) is 18.1 Å². The van der Waals surface area contributed by atoms with Gasteiger partial charge in [-0.3, -0.25) is 0 Å². The fraction of sp³-hybridized carbons (Fsp3) is 0.909. The lowest BCUT2D eigenvalue weighted by Gasteiger charge is -2.38. The smallest absolute Gasteiger partial charge is 0.318 e. The SMILES string of the molecule is CC1CCCC(C)N1C(=O)NC1CC1. The van der Waals surface area contributed by atoms with Crippen molar-refractivity contribution in [2.45, 2.75) is 64.1 Å². The van der Waals surface area contributed by atoms with E-state index in [1.165, 1.54) is 19.3 Å². The summed E-state index contributed by atoms with van der Waals surface area (Å²) in [5, 5.41) is 3.07. The first-order valence-electron chi connectivity index (χ1n) is 5.77. The van der Waals surface area contributed by atoms with Gasteiger partial charge in [-0.25, -0.2) is 4.79 Å². The number of carbonyl (C=O) groups excluding carboxylic acids is 1. The van der Waals surface area contributed by atoms with Gasteiger partial charge in [0.25, 0.3) is 0 Å². The summed E-state index contributed by atoms with van der Waals surface area (Å²) < 4.78 is 0. The zero-order valence-electron chi connectivity index (χ0n) is 9.12. The summed E-state index contributed by atoms with van der Waals surface area (Å²) in [6.45, 7) is 4.31. The first-order valence-corrected chi connectivity index (χ1v) is 5.77. The number of urea groups is 1. The largest absolute Gasteiger partial charge is 0.335 e. The molecule has 2 rings (SSSR count). The number of likely N-dealkylation sites (tertiary alicyclic amines) is 1. The minimum Gasteiger partial charge on any atom is -0.335 e. The van der Waals surface area contributed by atoms with Crippen LogP contribution in [0.15, 0.2) is 0 Å². The first kappa shape index (κ1) is 9.81. The number of nitrogens with zero attached hydrogens (tertiary/aromatic N) is 1. The first-order chi connectivity index (χ1) is 6.68. The molecule has 0 aromatic carbocycles. The highest BCUT2D eigenvalue weighted by atomic mass is 16.2. The van der Waals surface area contributed by atoms with Crippen LogP contribution in [-0.2, 0) is 0 Å². The Balaban J connectivity index is 1.93. The molecule has 2 atom stereocenters. The molecular formula is C11H20N2O. The number of nitrogens with one attached hydrogen (secondary N) is 1. The normalized spacial score (nSPS) is 32.9. The Hall–Kier alpha value is -0.730. The van der Waals surface area contributed by atoms with E-state index in [4.69, 9.17) is 0 Å². The average Bonchev–Trinajstić information content (AvgIpc) is 2.87. The maximum Gasteiger partial charge on any atom is 0.318 e. The van der Waals surface area contributed by atoms with Gasteiger partial charge in [-0.1, -0.05) is 0 Å². The predicted octanol–water partition coefficient (Wildman–Crippen LogP) is 2.12. The molecule has 14 heavy (non-hydrogen) atoms. The van der Waals surface area contributed by atoms with E-state index in [9.17, 15) is 4.79 Å². The van der Waals surface area contributed by atoms with E-state index in [2.05, 4.69) is 19.2 Å². The highest BCUT2D eigenvalue weighted by Gasteiger charge is 2.32. The van der Waals surface area contributed by atoms with Gasteiger partial charge in [0.1, 0.15) is 0 Å². The summed E-state index contributed by atoms with van der Waals surface area (Å²) in [5.41, 5.74) is 0. The third-order valence-electron chi connectivity index (χ3n) is 3.33. The highest BCUT2D eigenvalue weighted by molar-refractivity contribution is 5.75. The average molecular weight is 196 g/mol. The lowest BCUT2D eigenvalue weighted by molar-refractivity contribution is 0.123. The van der Waals surface area contributed by atoms with Crippen molar-refractivity contribution in [1.82, 2.24) is 10.2 Å². The number of rotatable bonds is 1. The van der Waals surface area contributed by atoms with Crippen LogP contribution < -0.4 is 5.32 Å². The minimum absolute atomic E-state index is 0.159. The summed E-state index contributed by atoms with van der Waals surface area (Å²) in [5.74, 6) is 0. The van der Waals surface area contributed by atoms with E-state index in [0.717, 1.165) is 12.8 Å². The van der Waals surface area contributed by atoms with Crippen LogP contribution in [0.4, 0.5) is 4.79 Å². The summed E-state index contributed by atoms with van der Waals surface area (Å²) in [6, 6.07) is 1.46. The van der Waals surface area contributed by atoms with Crippen LogP contribution in [0.3, 0.4) is 0 Å². The number of piperidine rings is 1. The Labute approximate surface area is 85.8 Å². The third kappa shape index (κ3) is 2.02. The molecule has 2 fully saturated rings. The van der Waals surface area contributed by atoms with Gasteiger partial charge >= 0.3 is 6.03 Å². The molecule has 0 aromatic rings. The fourth-order valence-corrected chi connectivity index (χ4v) is 2.30. The van der Waals surface area contributed by atoms with E-state index in [1.807, 2.05) is 4.90 Å². The zero-order chi connectivity index (χ0) is 10.1. The lowest BCUT2D eigenvalue weighted by atomic mass is 9.98. The standard InChI is InChI=1S/C11H20N2O/c1-8-4-3-5-9(2)13(8)11(14)12-10-6-7-10/h8-10H,3-7H2,1-2H3,(H,12,14).